The van der Waals surface area contributed by atoms with Gasteiger partial charge in [0.05, 0.1) is 4.91 Å². The van der Waals surface area contributed by atoms with E-state index >= 15 is 0 Å². The van der Waals surface area contributed by atoms with E-state index in [1.165, 1.54) is 4.90 Å². The van der Waals surface area contributed by atoms with E-state index in [2.05, 4.69) is 5.32 Å². The average molecular weight is 448 g/mol. The second-order valence-electron chi connectivity index (χ2n) is 6.34. The highest BCUT2D eigenvalue weighted by Crippen LogP contribution is 2.31. The second kappa shape index (κ2) is 11.3. The summed E-state index contributed by atoms with van der Waals surface area (Å²) in [6, 6.07) is 8.37. The van der Waals surface area contributed by atoms with Gasteiger partial charge in [0.25, 0.3) is 5.91 Å². The molecule has 1 unspecified atom stereocenters. The summed E-state index contributed by atoms with van der Waals surface area (Å²) < 4.78 is 0.329. The molecule has 1 aliphatic rings. The van der Waals surface area contributed by atoms with Crippen LogP contribution in [0.15, 0.2) is 47.4 Å². The minimum Gasteiger partial charge on any atom is -0.480 e. The van der Waals surface area contributed by atoms with Crippen LogP contribution in [0.3, 0.4) is 0 Å². The van der Waals surface area contributed by atoms with Crippen molar-refractivity contribution in [2.75, 3.05) is 6.54 Å². The average Bonchev–Trinajstić information content (AvgIpc) is 2.97. The van der Waals surface area contributed by atoms with E-state index in [1.807, 2.05) is 36.4 Å². The summed E-state index contributed by atoms with van der Waals surface area (Å²) in [7, 11) is 0. The van der Waals surface area contributed by atoms with Crippen molar-refractivity contribution in [1.82, 2.24) is 10.2 Å². The Balaban J connectivity index is 1.89. The van der Waals surface area contributed by atoms with Gasteiger partial charge in [-0.25, -0.2) is 4.79 Å². The topological polar surface area (TPSA) is 130 Å². The lowest BCUT2D eigenvalue weighted by Gasteiger charge is -2.16. The van der Waals surface area contributed by atoms with Crippen LogP contribution in [0.4, 0.5) is 0 Å². The van der Waals surface area contributed by atoms with Crippen molar-refractivity contribution >= 4 is 58.1 Å². The fraction of sp³-hybridized carbons (Fsp3) is 0.250. The van der Waals surface area contributed by atoms with E-state index in [0.29, 0.717) is 9.23 Å². The summed E-state index contributed by atoms with van der Waals surface area (Å²) in [4.78, 5) is 48.3. The van der Waals surface area contributed by atoms with E-state index in [0.717, 1.165) is 17.3 Å². The molecular formula is C20H21N3O5S2. The van der Waals surface area contributed by atoms with Crippen LogP contribution in [0.1, 0.15) is 24.8 Å². The number of amides is 3. The summed E-state index contributed by atoms with van der Waals surface area (Å²) in [6.07, 6.45) is 4.89. The zero-order valence-electron chi connectivity index (χ0n) is 15.9. The van der Waals surface area contributed by atoms with E-state index in [9.17, 15) is 19.2 Å². The lowest BCUT2D eigenvalue weighted by atomic mass is 10.1. The fourth-order valence-corrected chi connectivity index (χ4v) is 3.80. The third-order valence-corrected chi connectivity index (χ3v) is 5.48. The molecule has 1 aromatic carbocycles. The van der Waals surface area contributed by atoms with Gasteiger partial charge >= 0.3 is 5.97 Å². The summed E-state index contributed by atoms with van der Waals surface area (Å²) in [5.41, 5.74) is 6.00. The third-order valence-electron chi connectivity index (χ3n) is 4.08. The lowest BCUT2D eigenvalue weighted by Crippen LogP contribution is -2.42. The van der Waals surface area contributed by atoms with Gasteiger partial charge in [-0.15, -0.1) is 0 Å². The SMILES string of the molecule is NC(=O)CCC(NC(=O)CCN1C(=O)/C(=C\C=C/c2ccccc2)SC1=S)C(=O)O. The number of carboxylic acids is 1. The molecule has 4 N–H and O–H groups in total. The molecule has 1 saturated heterocycles. The van der Waals surface area contributed by atoms with Crippen LogP contribution >= 0.6 is 24.0 Å². The summed E-state index contributed by atoms with van der Waals surface area (Å²) >= 11 is 6.36. The molecule has 8 nitrogen and oxygen atoms in total. The first-order valence-corrected chi connectivity index (χ1v) is 10.3. The van der Waals surface area contributed by atoms with Gasteiger partial charge in [0.15, 0.2) is 0 Å². The molecular weight excluding hydrogens is 426 g/mol. The fourth-order valence-electron chi connectivity index (χ4n) is 2.54. The van der Waals surface area contributed by atoms with E-state index in [4.69, 9.17) is 23.1 Å². The number of hydrogen-bond acceptors (Lipinski definition) is 6. The Morgan fingerprint density at radius 3 is 2.57 bits per heavy atom. The van der Waals surface area contributed by atoms with Gasteiger partial charge in [-0.2, -0.15) is 0 Å². The highest BCUT2D eigenvalue weighted by atomic mass is 32.2. The van der Waals surface area contributed by atoms with Crippen molar-refractivity contribution in [2.45, 2.75) is 25.3 Å². The first kappa shape index (κ1) is 23.3. The summed E-state index contributed by atoms with van der Waals surface area (Å²) in [5, 5.41) is 11.5. The van der Waals surface area contributed by atoms with Crippen LogP contribution in [0.25, 0.3) is 6.08 Å². The van der Waals surface area contributed by atoms with E-state index in [-0.39, 0.29) is 31.7 Å². The molecule has 0 radical (unpaired) electrons. The Kier molecular flexibility index (Phi) is 8.75. The highest BCUT2D eigenvalue weighted by Gasteiger charge is 2.32. The number of thioether (sulfide) groups is 1. The number of carboxylic acid groups (broad SMARTS) is 1. The number of rotatable bonds is 10. The molecule has 0 spiro atoms. The molecule has 0 saturated carbocycles. The van der Waals surface area contributed by atoms with Gasteiger partial charge in [-0.05, 0) is 18.1 Å². The van der Waals surface area contributed by atoms with Crippen LogP contribution in [0, 0.1) is 0 Å². The van der Waals surface area contributed by atoms with Crippen molar-refractivity contribution in [3.05, 3.63) is 53.0 Å². The summed E-state index contributed by atoms with van der Waals surface area (Å²) in [5.74, 6) is -2.78. The number of nitrogens with one attached hydrogen (secondary N) is 1. The van der Waals surface area contributed by atoms with Gasteiger partial charge in [-0.1, -0.05) is 66.5 Å². The maximum Gasteiger partial charge on any atom is 0.326 e. The van der Waals surface area contributed by atoms with Gasteiger partial charge in [-0.3, -0.25) is 19.3 Å². The molecule has 1 fully saturated rings. The Morgan fingerprint density at radius 1 is 1.23 bits per heavy atom. The van der Waals surface area contributed by atoms with Gasteiger partial charge in [0.1, 0.15) is 10.4 Å². The number of allylic oxidation sites excluding steroid dienone is 2. The highest BCUT2D eigenvalue weighted by molar-refractivity contribution is 8.26. The minimum absolute atomic E-state index is 0.0262. The maximum atomic E-state index is 12.5. The maximum absolute atomic E-state index is 12.5. The van der Waals surface area contributed by atoms with Crippen molar-refractivity contribution in [3.8, 4) is 0 Å². The second-order valence-corrected chi connectivity index (χ2v) is 8.01. The third kappa shape index (κ3) is 7.12. The van der Waals surface area contributed by atoms with Crippen LogP contribution in [-0.4, -0.2) is 50.6 Å². The summed E-state index contributed by atoms with van der Waals surface area (Å²) in [6.45, 7) is 0.0262. The number of nitrogens with zero attached hydrogens (tertiary/aromatic N) is 1. The molecule has 0 aromatic heterocycles. The molecule has 1 aliphatic heterocycles. The first-order valence-electron chi connectivity index (χ1n) is 9.05. The quantitative estimate of drug-likeness (QED) is 0.367. The van der Waals surface area contributed by atoms with Crippen LogP contribution in [0.5, 0.6) is 0 Å². The van der Waals surface area contributed by atoms with Crippen molar-refractivity contribution in [2.24, 2.45) is 5.73 Å². The molecule has 1 atom stereocenters. The molecule has 3 amide bonds. The van der Waals surface area contributed by atoms with Crippen molar-refractivity contribution in [3.63, 3.8) is 0 Å². The Hall–Kier alpha value is -2.98. The molecule has 10 heteroatoms. The lowest BCUT2D eigenvalue weighted by molar-refractivity contribution is -0.142. The van der Waals surface area contributed by atoms with Crippen molar-refractivity contribution < 1.29 is 24.3 Å². The normalized spacial score (nSPS) is 16.3. The number of carbonyl (C=O) groups is 4. The molecule has 1 heterocycles. The molecule has 158 valence electrons. The number of carbonyl (C=O) groups excluding carboxylic acids is 3. The van der Waals surface area contributed by atoms with Gasteiger partial charge in [0.2, 0.25) is 11.8 Å². The standard InChI is InChI=1S/C20H21N3O5S2/c21-16(24)10-9-14(19(27)28)22-17(25)11-12-23-18(26)15(30-20(23)29)8-4-7-13-5-2-1-3-6-13/h1-8,14H,9-12H2,(H2,21,24)(H,22,25)(H,27,28)/b7-4-,15-8+. The molecule has 1 aromatic rings. The van der Waals surface area contributed by atoms with Crippen molar-refractivity contribution in [1.29, 1.82) is 0 Å². The predicted molar refractivity (Wildman–Crippen MR) is 118 cm³/mol. The Morgan fingerprint density at radius 2 is 1.93 bits per heavy atom. The Labute approximate surface area is 183 Å². The van der Waals surface area contributed by atoms with Crippen LogP contribution in [-0.2, 0) is 19.2 Å². The van der Waals surface area contributed by atoms with E-state index < -0.39 is 23.8 Å². The Bertz CT molecular complexity index is 899. The molecule has 2 rings (SSSR count). The largest absolute Gasteiger partial charge is 0.480 e. The number of hydrogen-bond donors (Lipinski definition) is 3. The predicted octanol–water partition coefficient (Wildman–Crippen LogP) is 1.67. The first-order chi connectivity index (χ1) is 14.3. The number of nitrogens with two attached hydrogens (primary N) is 1. The number of thiocarbonyl (C=S) groups is 1. The zero-order chi connectivity index (χ0) is 22.1. The van der Waals surface area contributed by atoms with Gasteiger partial charge in [0, 0.05) is 19.4 Å². The molecule has 0 aliphatic carbocycles. The number of aliphatic carboxylic acids is 1. The van der Waals surface area contributed by atoms with Gasteiger partial charge < -0.3 is 16.2 Å². The van der Waals surface area contributed by atoms with Crippen LogP contribution < -0.4 is 11.1 Å². The molecule has 0 bridgehead atoms. The minimum atomic E-state index is -1.26. The smallest absolute Gasteiger partial charge is 0.326 e. The monoisotopic (exact) mass is 447 g/mol. The van der Waals surface area contributed by atoms with E-state index in [1.54, 1.807) is 12.2 Å². The van der Waals surface area contributed by atoms with Crippen LogP contribution in [0.2, 0.25) is 0 Å². The number of primary amides is 1. The number of benzene rings is 1. The zero-order valence-corrected chi connectivity index (χ0v) is 17.6. The molecule has 30 heavy (non-hydrogen) atoms.